The van der Waals surface area contributed by atoms with Gasteiger partial charge in [0.05, 0.1) is 18.8 Å². The third kappa shape index (κ3) is 5.20. The lowest BCUT2D eigenvalue weighted by Crippen LogP contribution is -2.47. The van der Waals surface area contributed by atoms with Crippen molar-refractivity contribution in [2.24, 2.45) is 5.73 Å². The highest BCUT2D eigenvalue weighted by molar-refractivity contribution is 5.85. The molecule has 2 rings (SSSR count). The second-order valence-electron chi connectivity index (χ2n) is 5.73. The lowest BCUT2D eigenvalue weighted by molar-refractivity contribution is -0.134. The summed E-state index contributed by atoms with van der Waals surface area (Å²) in [5.74, 6) is 0.0653. The molecule has 0 spiro atoms. The fraction of sp³-hybridized carbons (Fsp3) is 0.929. The van der Waals surface area contributed by atoms with E-state index in [0.717, 1.165) is 39.1 Å². The summed E-state index contributed by atoms with van der Waals surface area (Å²) in [5, 5.41) is 0. The third-order valence-electron chi connectivity index (χ3n) is 4.10. The van der Waals surface area contributed by atoms with Gasteiger partial charge in [0.1, 0.15) is 0 Å². The number of hydrogen-bond acceptors (Lipinski definition) is 4. The molecule has 0 bridgehead atoms. The van der Waals surface area contributed by atoms with E-state index in [1.165, 1.54) is 25.9 Å². The number of amides is 1. The molecule has 2 aliphatic heterocycles. The highest BCUT2D eigenvalue weighted by Crippen LogP contribution is 2.15. The molecule has 2 saturated heterocycles. The highest BCUT2D eigenvalue weighted by Gasteiger charge is 2.24. The SMILES string of the molecule is CC(N)C(=O)N1CCC(OCCN2CCCC2)CC1.Cl. The van der Waals surface area contributed by atoms with Crippen molar-refractivity contribution in [3.8, 4) is 0 Å². The first-order valence-corrected chi connectivity index (χ1v) is 7.55. The molecule has 5 nitrogen and oxygen atoms in total. The molecule has 0 aromatic carbocycles. The molecule has 0 saturated carbocycles. The van der Waals surface area contributed by atoms with Gasteiger partial charge in [0, 0.05) is 19.6 Å². The Morgan fingerprint density at radius 3 is 2.40 bits per heavy atom. The number of halogens is 1. The summed E-state index contributed by atoms with van der Waals surface area (Å²) < 4.78 is 5.92. The number of nitrogens with zero attached hydrogens (tertiary/aromatic N) is 2. The van der Waals surface area contributed by atoms with Crippen LogP contribution in [0.25, 0.3) is 0 Å². The Morgan fingerprint density at radius 2 is 1.85 bits per heavy atom. The first-order chi connectivity index (χ1) is 9.16. The average molecular weight is 306 g/mol. The van der Waals surface area contributed by atoms with Crippen molar-refractivity contribution in [2.75, 3.05) is 39.3 Å². The molecule has 1 unspecified atom stereocenters. The maximum absolute atomic E-state index is 11.7. The minimum absolute atomic E-state index is 0. The van der Waals surface area contributed by atoms with Crippen LogP contribution in [-0.2, 0) is 9.53 Å². The predicted molar refractivity (Wildman–Crippen MR) is 82.1 cm³/mol. The fourth-order valence-electron chi connectivity index (χ4n) is 2.89. The summed E-state index contributed by atoms with van der Waals surface area (Å²) in [7, 11) is 0. The van der Waals surface area contributed by atoms with Gasteiger partial charge >= 0.3 is 0 Å². The smallest absolute Gasteiger partial charge is 0.239 e. The number of rotatable bonds is 5. The zero-order chi connectivity index (χ0) is 13.7. The normalized spacial score (nSPS) is 22.6. The summed E-state index contributed by atoms with van der Waals surface area (Å²) in [6, 6.07) is -0.382. The van der Waals surface area contributed by atoms with Crippen molar-refractivity contribution in [1.82, 2.24) is 9.80 Å². The molecular weight excluding hydrogens is 278 g/mol. The van der Waals surface area contributed by atoms with E-state index in [-0.39, 0.29) is 24.4 Å². The van der Waals surface area contributed by atoms with Crippen molar-refractivity contribution in [2.45, 2.75) is 44.8 Å². The minimum atomic E-state index is -0.382. The summed E-state index contributed by atoms with van der Waals surface area (Å²) in [6.07, 6.45) is 4.87. The molecule has 2 fully saturated rings. The Morgan fingerprint density at radius 1 is 1.25 bits per heavy atom. The van der Waals surface area contributed by atoms with Crippen LogP contribution in [0.3, 0.4) is 0 Å². The molecule has 0 aromatic rings. The number of ether oxygens (including phenoxy) is 1. The van der Waals surface area contributed by atoms with Crippen LogP contribution in [0.5, 0.6) is 0 Å². The van der Waals surface area contributed by atoms with E-state index in [2.05, 4.69) is 4.90 Å². The van der Waals surface area contributed by atoms with Gasteiger partial charge in [0.25, 0.3) is 0 Å². The van der Waals surface area contributed by atoms with Crippen molar-refractivity contribution in [3.63, 3.8) is 0 Å². The Balaban J connectivity index is 0.00000200. The van der Waals surface area contributed by atoms with Gasteiger partial charge in [-0.25, -0.2) is 0 Å². The van der Waals surface area contributed by atoms with Gasteiger partial charge in [-0.2, -0.15) is 0 Å². The monoisotopic (exact) mass is 305 g/mol. The largest absolute Gasteiger partial charge is 0.377 e. The second kappa shape index (κ2) is 8.82. The molecule has 1 atom stereocenters. The molecular formula is C14H28ClN3O2. The quantitative estimate of drug-likeness (QED) is 0.818. The first-order valence-electron chi connectivity index (χ1n) is 7.55. The molecule has 0 aliphatic carbocycles. The van der Waals surface area contributed by atoms with E-state index in [0.29, 0.717) is 6.10 Å². The first kappa shape index (κ1) is 17.7. The van der Waals surface area contributed by atoms with Crippen LogP contribution in [0.4, 0.5) is 0 Å². The summed E-state index contributed by atoms with van der Waals surface area (Å²) >= 11 is 0. The number of carbonyl (C=O) groups excluding carboxylic acids is 1. The number of piperidine rings is 1. The molecule has 118 valence electrons. The van der Waals surface area contributed by atoms with Gasteiger partial charge in [-0.3, -0.25) is 4.79 Å². The van der Waals surface area contributed by atoms with Gasteiger partial charge in [0.15, 0.2) is 0 Å². The van der Waals surface area contributed by atoms with Crippen LogP contribution < -0.4 is 5.73 Å². The van der Waals surface area contributed by atoms with Gasteiger partial charge < -0.3 is 20.3 Å². The molecule has 20 heavy (non-hydrogen) atoms. The van der Waals surface area contributed by atoms with Crippen molar-refractivity contribution in [1.29, 1.82) is 0 Å². The predicted octanol–water partition coefficient (Wildman–Crippen LogP) is 0.859. The van der Waals surface area contributed by atoms with E-state index in [9.17, 15) is 4.79 Å². The van der Waals surface area contributed by atoms with Crippen LogP contribution in [-0.4, -0.2) is 67.2 Å². The number of likely N-dealkylation sites (tertiary alicyclic amines) is 2. The summed E-state index contributed by atoms with van der Waals surface area (Å²) in [4.78, 5) is 16.1. The van der Waals surface area contributed by atoms with Gasteiger partial charge in [-0.15, -0.1) is 12.4 Å². The summed E-state index contributed by atoms with van der Waals surface area (Å²) in [6.45, 7) is 7.66. The fourth-order valence-corrected chi connectivity index (χ4v) is 2.89. The average Bonchev–Trinajstić information content (AvgIpc) is 2.92. The second-order valence-corrected chi connectivity index (χ2v) is 5.73. The third-order valence-corrected chi connectivity index (χ3v) is 4.10. The van der Waals surface area contributed by atoms with Crippen molar-refractivity contribution < 1.29 is 9.53 Å². The number of nitrogens with two attached hydrogens (primary N) is 1. The zero-order valence-corrected chi connectivity index (χ0v) is 13.2. The minimum Gasteiger partial charge on any atom is -0.377 e. The van der Waals surface area contributed by atoms with E-state index >= 15 is 0 Å². The van der Waals surface area contributed by atoms with Crippen LogP contribution in [0.1, 0.15) is 32.6 Å². The van der Waals surface area contributed by atoms with Gasteiger partial charge in [-0.05, 0) is 45.7 Å². The van der Waals surface area contributed by atoms with Crippen LogP contribution >= 0.6 is 12.4 Å². The van der Waals surface area contributed by atoms with E-state index < -0.39 is 0 Å². The van der Waals surface area contributed by atoms with E-state index in [1.54, 1.807) is 6.92 Å². The number of carbonyl (C=O) groups is 1. The molecule has 2 heterocycles. The topological polar surface area (TPSA) is 58.8 Å². The van der Waals surface area contributed by atoms with Crippen molar-refractivity contribution >= 4 is 18.3 Å². The Labute approximate surface area is 128 Å². The summed E-state index contributed by atoms with van der Waals surface area (Å²) in [5.41, 5.74) is 5.62. The standard InChI is InChI=1S/C14H27N3O2.ClH/c1-12(15)14(18)17-8-4-13(5-9-17)19-11-10-16-6-2-3-7-16;/h12-13H,2-11,15H2,1H3;1H. The van der Waals surface area contributed by atoms with Gasteiger partial charge in [0.2, 0.25) is 5.91 Å². The van der Waals surface area contributed by atoms with Crippen LogP contribution in [0.2, 0.25) is 0 Å². The zero-order valence-electron chi connectivity index (χ0n) is 12.4. The maximum atomic E-state index is 11.7. The van der Waals surface area contributed by atoms with E-state index in [1.807, 2.05) is 4.90 Å². The number of hydrogen-bond donors (Lipinski definition) is 1. The van der Waals surface area contributed by atoms with E-state index in [4.69, 9.17) is 10.5 Å². The molecule has 2 aliphatic rings. The lowest BCUT2D eigenvalue weighted by Gasteiger charge is -2.33. The Kier molecular flexibility index (Phi) is 7.80. The van der Waals surface area contributed by atoms with Gasteiger partial charge in [-0.1, -0.05) is 0 Å². The lowest BCUT2D eigenvalue weighted by atomic mass is 10.1. The van der Waals surface area contributed by atoms with Crippen LogP contribution in [0.15, 0.2) is 0 Å². The molecule has 1 amide bonds. The highest BCUT2D eigenvalue weighted by atomic mass is 35.5. The molecule has 6 heteroatoms. The molecule has 0 aromatic heterocycles. The van der Waals surface area contributed by atoms with Crippen molar-refractivity contribution in [3.05, 3.63) is 0 Å². The molecule has 2 N–H and O–H groups in total. The van der Waals surface area contributed by atoms with Crippen LogP contribution in [0, 0.1) is 0 Å². The molecule has 0 radical (unpaired) electrons. The Hall–Kier alpha value is -0.360. The maximum Gasteiger partial charge on any atom is 0.239 e. The Bertz CT molecular complexity index is 288.